The Labute approximate surface area is 412 Å². The Kier molecular flexibility index (Phi) is 9.53. The number of rotatable bonds is 8. The molecule has 3 nitrogen and oxygen atoms in total. The molecule has 0 saturated heterocycles. The molecule has 14 rings (SSSR count). The summed E-state index contributed by atoms with van der Waals surface area (Å²) in [7, 11) is 0. The minimum absolute atomic E-state index is 1.09. The first-order chi connectivity index (χ1) is 35.2. The van der Waals surface area contributed by atoms with Gasteiger partial charge in [0.2, 0.25) is 0 Å². The number of anilines is 3. The van der Waals surface area contributed by atoms with E-state index in [9.17, 15) is 0 Å². The molecule has 0 atom stereocenters. The van der Waals surface area contributed by atoms with Gasteiger partial charge in [-0.1, -0.05) is 206 Å². The van der Waals surface area contributed by atoms with E-state index >= 15 is 0 Å². The molecule has 0 saturated carbocycles. The number of hydrogen-bond acceptors (Lipinski definition) is 1. The zero-order chi connectivity index (χ0) is 46.8. The van der Waals surface area contributed by atoms with Crippen LogP contribution in [0.3, 0.4) is 0 Å². The molecule has 71 heavy (non-hydrogen) atoms. The van der Waals surface area contributed by atoms with Crippen molar-refractivity contribution in [2.24, 2.45) is 0 Å². The van der Waals surface area contributed by atoms with Gasteiger partial charge in [-0.05, 0) is 111 Å². The number of para-hydroxylation sites is 2. The van der Waals surface area contributed by atoms with Crippen molar-refractivity contribution in [3.05, 3.63) is 273 Å². The molecular weight excluding hydrogens is 859 g/mol. The molecule has 0 fully saturated rings. The van der Waals surface area contributed by atoms with Gasteiger partial charge in [-0.3, -0.25) is 0 Å². The molecule has 0 radical (unpaired) electrons. The maximum absolute atomic E-state index is 2.52. The maximum Gasteiger partial charge on any atom is 0.0620 e. The molecule has 0 spiro atoms. The zero-order valence-corrected chi connectivity index (χ0v) is 38.8. The van der Waals surface area contributed by atoms with E-state index in [1.807, 2.05) is 0 Å². The molecule has 0 unspecified atom stereocenters. The lowest BCUT2D eigenvalue weighted by Crippen LogP contribution is -2.10. The van der Waals surface area contributed by atoms with Crippen molar-refractivity contribution < 1.29 is 0 Å². The third kappa shape index (κ3) is 6.66. The Hall–Kier alpha value is -9.44. The molecule has 0 N–H and O–H groups in total. The van der Waals surface area contributed by atoms with Crippen LogP contribution in [0.1, 0.15) is 0 Å². The Morgan fingerprint density at radius 1 is 0.282 bits per heavy atom. The second kappa shape index (κ2) is 16.7. The molecule has 0 aliphatic rings. The third-order valence-electron chi connectivity index (χ3n) is 14.5. The second-order valence-electron chi connectivity index (χ2n) is 18.5. The molecular formula is C68H45N3. The molecule has 2 aromatic heterocycles. The van der Waals surface area contributed by atoms with Crippen LogP contribution < -0.4 is 4.90 Å². The third-order valence-corrected chi connectivity index (χ3v) is 14.5. The van der Waals surface area contributed by atoms with E-state index in [4.69, 9.17) is 0 Å². The van der Waals surface area contributed by atoms with Gasteiger partial charge in [-0.15, -0.1) is 0 Å². The van der Waals surface area contributed by atoms with Crippen LogP contribution in [0.15, 0.2) is 273 Å². The summed E-state index contributed by atoms with van der Waals surface area (Å²) in [5.74, 6) is 0. The fraction of sp³-hybridized carbons (Fsp3) is 0. The molecule has 332 valence electrons. The van der Waals surface area contributed by atoms with E-state index in [1.54, 1.807) is 0 Å². The standard InChI is InChI=1S/C68H45N3/c1-4-20-49(21-5-1)66-61-42-41-58-56(30-17-31-60(58)68(61)71(67(66)50-22-6-2-7-23-50)54-39-34-46-18-10-11-24-51(46)44-54)48-35-37-53(38-36-48)69(63-33-16-25-47-19-12-13-28-57(47)63)55-40-43-65-62(45-55)59-29-14-15-32-64(59)70(65)52-26-8-3-9-27-52/h1-45H. The summed E-state index contributed by atoms with van der Waals surface area (Å²) in [4.78, 5) is 2.43. The van der Waals surface area contributed by atoms with Crippen LogP contribution in [0.2, 0.25) is 0 Å². The van der Waals surface area contributed by atoms with Crippen molar-refractivity contribution in [1.29, 1.82) is 0 Å². The summed E-state index contributed by atoms with van der Waals surface area (Å²) < 4.78 is 4.90. The van der Waals surface area contributed by atoms with Crippen LogP contribution in [-0.2, 0) is 0 Å². The summed E-state index contributed by atoms with van der Waals surface area (Å²) in [6.45, 7) is 0. The summed E-state index contributed by atoms with van der Waals surface area (Å²) in [5, 5.41) is 10.9. The van der Waals surface area contributed by atoms with E-state index in [0.717, 1.165) is 34.0 Å². The monoisotopic (exact) mass is 903 g/mol. The highest BCUT2D eigenvalue weighted by Gasteiger charge is 2.25. The Morgan fingerprint density at radius 3 is 1.69 bits per heavy atom. The predicted octanol–water partition coefficient (Wildman–Crippen LogP) is 18.7. The lowest BCUT2D eigenvalue weighted by Gasteiger charge is -2.27. The van der Waals surface area contributed by atoms with Gasteiger partial charge in [0.05, 0.1) is 27.9 Å². The van der Waals surface area contributed by atoms with Crippen molar-refractivity contribution in [3.63, 3.8) is 0 Å². The fourth-order valence-electron chi connectivity index (χ4n) is 11.3. The lowest BCUT2D eigenvalue weighted by molar-refractivity contribution is 1.14. The van der Waals surface area contributed by atoms with Crippen LogP contribution in [-0.4, -0.2) is 9.13 Å². The topological polar surface area (TPSA) is 13.1 Å². The van der Waals surface area contributed by atoms with Gasteiger partial charge in [-0.25, -0.2) is 0 Å². The summed E-state index contributed by atoms with van der Waals surface area (Å²) >= 11 is 0. The normalized spacial score (nSPS) is 11.7. The minimum atomic E-state index is 1.09. The van der Waals surface area contributed by atoms with E-state index in [1.165, 1.54) is 93.0 Å². The molecule has 3 heteroatoms. The maximum atomic E-state index is 2.52. The predicted molar refractivity (Wildman–Crippen MR) is 301 cm³/mol. The molecule has 12 aromatic carbocycles. The quantitative estimate of drug-likeness (QED) is 0.148. The molecule has 0 aliphatic carbocycles. The first-order valence-electron chi connectivity index (χ1n) is 24.4. The molecule has 2 heterocycles. The lowest BCUT2D eigenvalue weighted by atomic mass is 9.94. The Bertz CT molecular complexity index is 4310. The molecule has 0 amide bonds. The average Bonchev–Trinajstić information content (AvgIpc) is 3.98. The van der Waals surface area contributed by atoms with Gasteiger partial charge in [0.1, 0.15) is 0 Å². The van der Waals surface area contributed by atoms with Gasteiger partial charge >= 0.3 is 0 Å². The number of aromatic nitrogens is 2. The van der Waals surface area contributed by atoms with Gasteiger partial charge in [0, 0.05) is 55.2 Å². The first-order valence-corrected chi connectivity index (χ1v) is 24.4. The molecule has 0 aliphatic heterocycles. The van der Waals surface area contributed by atoms with Crippen molar-refractivity contribution in [3.8, 4) is 44.9 Å². The highest BCUT2D eigenvalue weighted by atomic mass is 15.1. The van der Waals surface area contributed by atoms with Gasteiger partial charge in [-0.2, -0.15) is 0 Å². The van der Waals surface area contributed by atoms with E-state index in [0.29, 0.717) is 0 Å². The van der Waals surface area contributed by atoms with Crippen molar-refractivity contribution in [1.82, 2.24) is 9.13 Å². The summed E-state index contributed by atoms with van der Waals surface area (Å²) in [6.07, 6.45) is 0. The van der Waals surface area contributed by atoms with E-state index in [2.05, 4.69) is 287 Å². The number of hydrogen-bond donors (Lipinski definition) is 0. The molecule has 0 bridgehead atoms. The van der Waals surface area contributed by atoms with Crippen LogP contribution in [0.4, 0.5) is 17.1 Å². The van der Waals surface area contributed by atoms with Crippen molar-refractivity contribution in [2.75, 3.05) is 4.90 Å². The van der Waals surface area contributed by atoms with Crippen molar-refractivity contribution in [2.45, 2.75) is 0 Å². The van der Waals surface area contributed by atoms with Crippen LogP contribution in [0.5, 0.6) is 0 Å². The van der Waals surface area contributed by atoms with Crippen LogP contribution in [0.25, 0.3) is 110 Å². The van der Waals surface area contributed by atoms with Gasteiger partial charge in [0.25, 0.3) is 0 Å². The average molecular weight is 904 g/mol. The zero-order valence-electron chi connectivity index (χ0n) is 38.8. The van der Waals surface area contributed by atoms with Crippen molar-refractivity contribution >= 4 is 82.1 Å². The number of benzene rings is 12. The van der Waals surface area contributed by atoms with E-state index in [-0.39, 0.29) is 0 Å². The van der Waals surface area contributed by atoms with Gasteiger partial charge in [0.15, 0.2) is 0 Å². The fourth-order valence-corrected chi connectivity index (χ4v) is 11.3. The first kappa shape index (κ1) is 40.6. The van der Waals surface area contributed by atoms with E-state index < -0.39 is 0 Å². The smallest absolute Gasteiger partial charge is 0.0620 e. The van der Waals surface area contributed by atoms with Crippen LogP contribution in [0, 0.1) is 0 Å². The number of fused-ring (bicyclic) bond motifs is 8. The largest absolute Gasteiger partial charge is 0.310 e. The Morgan fingerprint density at radius 2 is 0.887 bits per heavy atom. The Balaban J connectivity index is 0.964. The molecule has 14 aromatic rings. The highest BCUT2D eigenvalue weighted by Crippen LogP contribution is 2.48. The van der Waals surface area contributed by atoms with Crippen LogP contribution >= 0.6 is 0 Å². The summed E-state index contributed by atoms with van der Waals surface area (Å²) in [6, 6.07) is 99.8. The second-order valence-corrected chi connectivity index (χ2v) is 18.5. The van der Waals surface area contributed by atoms with Gasteiger partial charge < -0.3 is 14.0 Å². The highest BCUT2D eigenvalue weighted by molar-refractivity contribution is 6.19. The summed E-state index contributed by atoms with van der Waals surface area (Å²) in [5.41, 5.74) is 16.3. The number of nitrogens with zero attached hydrogens (tertiary/aromatic N) is 3. The minimum Gasteiger partial charge on any atom is -0.310 e. The SMILES string of the molecule is c1ccc(-c2c(-c3ccccc3)n(-c3ccc4ccccc4c3)c3c2ccc2c(-c4ccc(N(c5ccc6c(c5)c5ccccc5n6-c5ccccc5)c5cccc6ccccc56)cc4)cccc23)cc1.